The molecule has 0 spiro atoms. The van der Waals surface area contributed by atoms with Crippen molar-refractivity contribution in [1.82, 2.24) is 4.90 Å². The Morgan fingerprint density at radius 2 is 1.52 bits per heavy atom. The lowest BCUT2D eigenvalue weighted by Gasteiger charge is -2.19. The standard InChI is InChI=1S/C24H22BrNO3/c1-26(16-19-7-3-2-4-8-19)24(28)22-9-5-6-10-23(22)29-17-21(27)15-18-11-13-20(25)14-12-18/h2-14H,15-17H2,1H3. The van der Waals surface area contributed by atoms with E-state index in [4.69, 9.17) is 4.74 Å². The van der Waals surface area contributed by atoms with E-state index < -0.39 is 0 Å². The van der Waals surface area contributed by atoms with Crippen LogP contribution in [0.1, 0.15) is 21.5 Å². The fourth-order valence-electron chi connectivity index (χ4n) is 2.94. The molecular weight excluding hydrogens is 430 g/mol. The number of hydrogen-bond donors (Lipinski definition) is 0. The fourth-order valence-corrected chi connectivity index (χ4v) is 3.21. The van der Waals surface area contributed by atoms with Crippen LogP contribution in [-0.2, 0) is 17.8 Å². The minimum absolute atomic E-state index is 0.0489. The lowest BCUT2D eigenvalue weighted by atomic mass is 10.1. The summed E-state index contributed by atoms with van der Waals surface area (Å²) in [5.41, 5.74) is 2.42. The van der Waals surface area contributed by atoms with Crippen LogP contribution in [0.5, 0.6) is 5.75 Å². The van der Waals surface area contributed by atoms with Crippen molar-refractivity contribution in [3.05, 3.63) is 100 Å². The van der Waals surface area contributed by atoms with Crippen molar-refractivity contribution in [3.63, 3.8) is 0 Å². The highest BCUT2D eigenvalue weighted by Gasteiger charge is 2.17. The minimum Gasteiger partial charge on any atom is -0.485 e. The molecule has 3 rings (SSSR count). The van der Waals surface area contributed by atoms with Crippen LogP contribution in [-0.4, -0.2) is 30.2 Å². The second kappa shape index (κ2) is 10.0. The minimum atomic E-state index is -0.148. The summed E-state index contributed by atoms with van der Waals surface area (Å²) in [6, 6.07) is 24.4. The van der Waals surface area contributed by atoms with Crippen molar-refractivity contribution in [2.45, 2.75) is 13.0 Å². The van der Waals surface area contributed by atoms with Gasteiger partial charge < -0.3 is 9.64 Å². The molecule has 29 heavy (non-hydrogen) atoms. The molecule has 0 bridgehead atoms. The highest BCUT2D eigenvalue weighted by atomic mass is 79.9. The van der Waals surface area contributed by atoms with Gasteiger partial charge in [0.1, 0.15) is 12.4 Å². The van der Waals surface area contributed by atoms with Gasteiger partial charge in [0.15, 0.2) is 5.78 Å². The SMILES string of the molecule is CN(Cc1ccccc1)C(=O)c1ccccc1OCC(=O)Cc1ccc(Br)cc1. The average molecular weight is 452 g/mol. The summed E-state index contributed by atoms with van der Waals surface area (Å²) < 4.78 is 6.68. The Bertz CT molecular complexity index is 971. The lowest BCUT2D eigenvalue weighted by Crippen LogP contribution is -2.27. The quantitative estimate of drug-likeness (QED) is 0.488. The number of carbonyl (C=O) groups excluding carboxylic acids is 2. The molecule has 0 N–H and O–H groups in total. The predicted molar refractivity (Wildman–Crippen MR) is 117 cm³/mol. The van der Waals surface area contributed by atoms with E-state index in [1.54, 1.807) is 36.2 Å². The molecule has 0 aliphatic rings. The first-order chi connectivity index (χ1) is 14.0. The highest BCUT2D eigenvalue weighted by molar-refractivity contribution is 9.10. The largest absolute Gasteiger partial charge is 0.485 e. The summed E-state index contributed by atoms with van der Waals surface area (Å²) >= 11 is 3.38. The van der Waals surface area contributed by atoms with Crippen molar-refractivity contribution in [3.8, 4) is 5.75 Å². The first kappa shape index (κ1) is 20.8. The van der Waals surface area contributed by atoms with Gasteiger partial charge in [-0.3, -0.25) is 9.59 Å². The predicted octanol–water partition coefficient (Wildman–Crippen LogP) is 4.91. The van der Waals surface area contributed by atoms with Gasteiger partial charge in [0.05, 0.1) is 5.56 Å². The van der Waals surface area contributed by atoms with E-state index in [1.807, 2.05) is 54.6 Å². The van der Waals surface area contributed by atoms with Crippen LogP contribution >= 0.6 is 15.9 Å². The maximum atomic E-state index is 12.9. The Balaban J connectivity index is 1.62. The fraction of sp³-hybridized carbons (Fsp3) is 0.167. The van der Waals surface area contributed by atoms with Crippen molar-refractivity contribution in [1.29, 1.82) is 0 Å². The second-order valence-electron chi connectivity index (χ2n) is 6.77. The van der Waals surface area contributed by atoms with Crippen molar-refractivity contribution < 1.29 is 14.3 Å². The maximum absolute atomic E-state index is 12.9. The van der Waals surface area contributed by atoms with E-state index in [9.17, 15) is 9.59 Å². The number of halogens is 1. The van der Waals surface area contributed by atoms with Crippen LogP contribution in [0, 0.1) is 0 Å². The summed E-state index contributed by atoms with van der Waals surface area (Å²) in [4.78, 5) is 26.8. The molecule has 4 nitrogen and oxygen atoms in total. The molecule has 3 aromatic carbocycles. The molecule has 0 aliphatic heterocycles. The maximum Gasteiger partial charge on any atom is 0.257 e. The van der Waals surface area contributed by atoms with Gasteiger partial charge in [0, 0.05) is 24.5 Å². The molecule has 5 heteroatoms. The first-order valence-corrected chi connectivity index (χ1v) is 10.1. The van der Waals surface area contributed by atoms with Crippen LogP contribution in [0.3, 0.4) is 0 Å². The van der Waals surface area contributed by atoms with Crippen LogP contribution in [0.4, 0.5) is 0 Å². The monoisotopic (exact) mass is 451 g/mol. The van der Waals surface area contributed by atoms with Gasteiger partial charge in [-0.15, -0.1) is 0 Å². The molecule has 0 saturated heterocycles. The van der Waals surface area contributed by atoms with E-state index in [0.29, 0.717) is 17.9 Å². The number of rotatable bonds is 8. The van der Waals surface area contributed by atoms with Crippen LogP contribution < -0.4 is 4.74 Å². The van der Waals surface area contributed by atoms with Crippen molar-refractivity contribution in [2.24, 2.45) is 0 Å². The Morgan fingerprint density at radius 1 is 0.862 bits per heavy atom. The number of ketones is 1. The number of hydrogen-bond acceptors (Lipinski definition) is 3. The Morgan fingerprint density at radius 3 is 2.24 bits per heavy atom. The molecule has 0 saturated carbocycles. The molecule has 3 aromatic rings. The zero-order valence-corrected chi connectivity index (χ0v) is 17.8. The zero-order chi connectivity index (χ0) is 20.6. The van der Waals surface area contributed by atoms with Crippen molar-refractivity contribution in [2.75, 3.05) is 13.7 Å². The Kier molecular flexibility index (Phi) is 7.19. The van der Waals surface area contributed by atoms with Crippen LogP contribution in [0.15, 0.2) is 83.3 Å². The summed E-state index contributed by atoms with van der Waals surface area (Å²) in [6.45, 7) is 0.416. The van der Waals surface area contributed by atoms with Gasteiger partial charge in [-0.25, -0.2) is 0 Å². The van der Waals surface area contributed by atoms with Gasteiger partial charge >= 0.3 is 0 Å². The average Bonchev–Trinajstić information content (AvgIpc) is 2.74. The van der Waals surface area contributed by atoms with Gasteiger partial charge in [0.2, 0.25) is 0 Å². The van der Waals surface area contributed by atoms with E-state index in [-0.39, 0.29) is 24.7 Å². The van der Waals surface area contributed by atoms with E-state index in [1.165, 1.54) is 0 Å². The number of Topliss-reactive ketones (excluding diaryl/α,β-unsaturated/α-hetero) is 1. The van der Waals surface area contributed by atoms with Gasteiger partial charge in [-0.1, -0.05) is 70.5 Å². The molecule has 0 fully saturated rings. The normalized spacial score (nSPS) is 10.4. The van der Waals surface area contributed by atoms with Crippen molar-refractivity contribution >= 4 is 27.6 Å². The number of para-hydroxylation sites is 1. The van der Waals surface area contributed by atoms with Gasteiger partial charge in [-0.05, 0) is 35.4 Å². The van der Waals surface area contributed by atoms with E-state index >= 15 is 0 Å². The highest BCUT2D eigenvalue weighted by Crippen LogP contribution is 2.21. The third kappa shape index (κ3) is 6.03. The molecule has 0 aliphatic carbocycles. The number of nitrogens with zero attached hydrogens (tertiary/aromatic N) is 1. The smallest absolute Gasteiger partial charge is 0.257 e. The Labute approximate surface area is 179 Å². The zero-order valence-electron chi connectivity index (χ0n) is 16.2. The number of carbonyl (C=O) groups is 2. The third-order valence-corrected chi connectivity index (χ3v) is 4.96. The van der Waals surface area contributed by atoms with E-state index in [2.05, 4.69) is 15.9 Å². The molecule has 0 unspecified atom stereocenters. The second-order valence-corrected chi connectivity index (χ2v) is 7.69. The van der Waals surface area contributed by atoms with Crippen LogP contribution in [0.25, 0.3) is 0 Å². The summed E-state index contributed by atoms with van der Waals surface area (Å²) in [6.07, 6.45) is 0.289. The number of amides is 1. The van der Waals surface area contributed by atoms with Gasteiger partial charge in [-0.2, -0.15) is 0 Å². The van der Waals surface area contributed by atoms with E-state index in [0.717, 1.165) is 15.6 Å². The molecule has 0 aromatic heterocycles. The summed E-state index contributed by atoms with van der Waals surface area (Å²) in [5.74, 6) is 0.221. The summed E-state index contributed by atoms with van der Waals surface area (Å²) in [7, 11) is 1.75. The summed E-state index contributed by atoms with van der Waals surface area (Å²) in [5, 5.41) is 0. The molecule has 0 heterocycles. The molecule has 1 amide bonds. The number of benzene rings is 3. The molecule has 148 valence electrons. The molecular formula is C24H22BrNO3. The first-order valence-electron chi connectivity index (χ1n) is 9.30. The van der Waals surface area contributed by atoms with Crippen LogP contribution in [0.2, 0.25) is 0 Å². The third-order valence-electron chi connectivity index (χ3n) is 4.43. The molecule has 0 atom stereocenters. The topological polar surface area (TPSA) is 46.6 Å². The van der Waals surface area contributed by atoms with Gasteiger partial charge in [0.25, 0.3) is 5.91 Å². The molecule has 0 radical (unpaired) electrons. The Hall–Kier alpha value is -2.92. The number of ether oxygens (including phenoxy) is 1. The lowest BCUT2D eigenvalue weighted by molar-refractivity contribution is -0.120.